The van der Waals surface area contributed by atoms with Crippen LogP contribution in [-0.4, -0.2) is 5.25 Å². The van der Waals surface area contributed by atoms with Gasteiger partial charge in [0, 0.05) is 10.1 Å². The molecule has 1 aromatic rings. The zero-order valence-electron chi connectivity index (χ0n) is 8.31. The minimum Gasteiger partial charge on any atom is -0.118 e. The van der Waals surface area contributed by atoms with Gasteiger partial charge < -0.3 is 0 Å². The first-order valence-corrected chi connectivity index (χ1v) is 5.79. The third kappa shape index (κ3) is 2.52. The van der Waals surface area contributed by atoms with Crippen LogP contribution in [0.5, 0.6) is 0 Å². The number of allylic oxidation sites excluding steroid dienone is 3. The zero-order valence-corrected chi connectivity index (χ0v) is 9.13. The van der Waals surface area contributed by atoms with Crippen molar-refractivity contribution in [2.45, 2.75) is 23.5 Å². The fourth-order valence-corrected chi connectivity index (χ4v) is 2.46. The lowest BCUT2D eigenvalue weighted by Crippen LogP contribution is -1.98. The first kappa shape index (κ1) is 9.60. The summed E-state index contributed by atoms with van der Waals surface area (Å²) in [5.74, 6) is 0. The molecule has 0 aromatic heterocycles. The molecule has 0 radical (unpaired) electrons. The molecule has 14 heavy (non-hydrogen) atoms. The normalized spacial score (nSPS) is 19.9. The summed E-state index contributed by atoms with van der Waals surface area (Å²) in [4.78, 5) is 1.36. The van der Waals surface area contributed by atoms with E-state index < -0.39 is 0 Å². The molecule has 1 heteroatoms. The Balaban J connectivity index is 2.00. The van der Waals surface area contributed by atoms with E-state index in [1.165, 1.54) is 10.5 Å². The highest BCUT2D eigenvalue weighted by molar-refractivity contribution is 8.00. The highest BCUT2D eigenvalue weighted by Crippen LogP contribution is 2.28. The van der Waals surface area contributed by atoms with Crippen molar-refractivity contribution in [2.75, 3.05) is 0 Å². The van der Waals surface area contributed by atoms with Gasteiger partial charge in [-0.15, -0.1) is 11.8 Å². The Morgan fingerprint density at radius 3 is 2.57 bits per heavy atom. The lowest BCUT2D eigenvalue weighted by Gasteiger charge is -2.12. The van der Waals surface area contributed by atoms with Crippen LogP contribution < -0.4 is 0 Å². The van der Waals surface area contributed by atoms with Gasteiger partial charge in [-0.05, 0) is 25.5 Å². The molecule has 0 bridgehead atoms. The molecule has 0 saturated heterocycles. The fourth-order valence-electron chi connectivity index (χ4n) is 1.44. The molecule has 0 saturated carbocycles. The van der Waals surface area contributed by atoms with Gasteiger partial charge in [-0.25, -0.2) is 0 Å². The molecular formula is C13H14S. The van der Waals surface area contributed by atoms with E-state index >= 15 is 0 Å². The number of hydrogen-bond acceptors (Lipinski definition) is 1. The second-order valence-corrected chi connectivity index (χ2v) is 4.83. The average molecular weight is 202 g/mol. The average Bonchev–Trinajstić information content (AvgIpc) is 2.23. The smallest absolute Gasteiger partial charge is 0.0312 e. The molecule has 0 spiro atoms. The molecule has 0 nitrogen and oxygen atoms in total. The summed E-state index contributed by atoms with van der Waals surface area (Å²) in [6.07, 6.45) is 9.90. The predicted octanol–water partition coefficient (Wildman–Crippen LogP) is 3.97. The van der Waals surface area contributed by atoms with Gasteiger partial charge in [-0.3, -0.25) is 0 Å². The van der Waals surface area contributed by atoms with E-state index in [9.17, 15) is 0 Å². The molecule has 1 unspecified atom stereocenters. The highest BCUT2D eigenvalue weighted by atomic mass is 32.2. The molecule has 0 aliphatic heterocycles. The maximum Gasteiger partial charge on any atom is 0.0312 e. The van der Waals surface area contributed by atoms with E-state index in [0.717, 1.165) is 6.42 Å². The molecule has 1 atom stereocenters. The van der Waals surface area contributed by atoms with Crippen LogP contribution in [0, 0.1) is 6.92 Å². The lowest BCUT2D eigenvalue weighted by atomic mass is 10.2. The fraction of sp³-hybridized carbons (Fsp3) is 0.231. The van der Waals surface area contributed by atoms with Crippen LogP contribution in [0.25, 0.3) is 0 Å². The van der Waals surface area contributed by atoms with Gasteiger partial charge >= 0.3 is 0 Å². The van der Waals surface area contributed by atoms with Crippen LogP contribution in [0.4, 0.5) is 0 Å². The quantitative estimate of drug-likeness (QED) is 0.699. The Morgan fingerprint density at radius 1 is 1.14 bits per heavy atom. The largest absolute Gasteiger partial charge is 0.118 e. The van der Waals surface area contributed by atoms with Crippen molar-refractivity contribution >= 4 is 11.8 Å². The molecule has 0 heterocycles. The minimum absolute atomic E-state index is 0.614. The molecule has 0 amide bonds. The first-order valence-electron chi connectivity index (χ1n) is 4.91. The van der Waals surface area contributed by atoms with Gasteiger partial charge in [0.15, 0.2) is 0 Å². The van der Waals surface area contributed by atoms with Gasteiger partial charge in [0.2, 0.25) is 0 Å². The van der Waals surface area contributed by atoms with Gasteiger partial charge in [-0.1, -0.05) is 42.0 Å². The number of thioether (sulfide) groups is 1. The van der Waals surface area contributed by atoms with Gasteiger partial charge in [0.1, 0.15) is 0 Å². The number of hydrogen-bond donors (Lipinski definition) is 0. The Bertz CT molecular complexity index is 346. The maximum atomic E-state index is 2.27. The van der Waals surface area contributed by atoms with Crippen molar-refractivity contribution in [2.24, 2.45) is 0 Å². The monoisotopic (exact) mass is 202 g/mol. The van der Waals surface area contributed by atoms with Crippen molar-refractivity contribution < 1.29 is 0 Å². The van der Waals surface area contributed by atoms with Crippen LogP contribution in [0.3, 0.4) is 0 Å². The van der Waals surface area contributed by atoms with Gasteiger partial charge in [0.25, 0.3) is 0 Å². The number of aryl methyl sites for hydroxylation is 1. The van der Waals surface area contributed by atoms with Crippen LogP contribution in [-0.2, 0) is 0 Å². The van der Waals surface area contributed by atoms with Gasteiger partial charge in [0.05, 0.1) is 0 Å². The second kappa shape index (κ2) is 4.52. The third-order valence-corrected chi connectivity index (χ3v) is 3.45. The van der Waals surface area contributed by atoms with Crippen molar-refractivity contribution in [3.8, 4) is 0 Å². The third-order valence-electron chi connectivity index (χ3n) is 2.25. The highest BCUT2D eigenvalue weighted by Gasteiger charge is 2.06. The molecular weight excluding hydrogens is 188 g/mol. The van der Waals surface area contributed by atoms with E-state index in [-0.39, 0.29) is 0 Å². The summed E-state index contributed by atoms with van der Waals surface area (Å²) < 4.78 is 0. The van der Waals surface area contributed by atoms with Gasteiger partial charge in [-0.2, -0.15) is 0 Å². The molecule has 1 aliphatic rings. The Hall–Kier alpha value is -0.950. The van der Waals surface area contributed by atoms with E-state index in [4.69, 9.17) is 0 Å². The number of benzene rings is 1. The van der Waals surface area contributed by atoms with E-state index in [1.54, 1.807) is 0 Å². The Morgan fingerprint density at radius 2 is 1.93 bits per heavy atom. The topological polar surface area (TPSA) is 0 Å². The predicted molar refractivity (Wildman–Crippen MR) is 63.7 cm³/mol. The molecule has 72 valence electrons. The van der Waals surface area contributed by atoms with Crippen LogP contribution in [0.1, 0.15) is 12.0 Å². The minimum atomic E-state index is 0.614. The van der Waals surface area contributed by atoms with Crippen LogP contribution >= 0.6 is 11.8 Å². The molecule has 2 rings (SSSR count). The summed E-state index contributed by atoms with van der Waals surface area (Å²) in [7, 11) is 0. The van der Waals surface area contributed by atoms with Crippen molar-refractivity contribution in [1.82, 2.24) is 0 Å². The Kier molecular flexibility index (Phi) is 3.10. The summed E-state index contributed by atoms with van der Waals surface area (Å²) in [6.45, 7) is 2.12. The van der Waals surface area contributed by atoms with E-state index in [2.05, 4.69) is 55.5 Å². The Labute approximate surface area is 89.7 Å². The number of rotatable bonds is 2. The summed E-state index contributed by atoms with van der Waals surface area (Å²) >= 11 is 1.94. The van der Waals surface area contributed by atoms with Crippen molar-refractivity contribution in [3.05, 3.63) is 54.1 Å². The summed E-state index contributed by atoms with van der Waals surface area (Å²) in [5.41, 5.74) is 1.33. The van der Waals surface area contributed by atoms with Crippen molar-refractivity contribution in [3.63, 3.8) is 0 Å². The van der Waals surface area contributed by atoms with E-state index in [0.29, 0.717) is 5.25 Å². The van der Waals surface area contributed by atoms with Crippen LogP contribution in [0.15, 0.2) is 53.5 Å². The lowest BCUT2D eigenvalue weighted by molar-refractivity contribution is 1.05. The molecule has 0 fully saturated rings. The van der Waals surface area contributed by atoms with Crippen molar-refractivity contribution in [1.29, 1.82) is 0 Å². The summed E-state index contributed by atoms with van der Waals surface area (Å²) in [6, 6.07) is 8.74. The molecule has 0 N–H and O–H groups in total. The molecule has 1 aliphatic carbocycles. The second-order valence-electron chi connectivity index (χ2n) is 3.52. The SMILES string of the molecule is Cc1ccc(SC2C=CC=CC2)cc1. The maximum absolute atomic E-state index is 2.27. The molecule has 1 aromatic carbocycles. The standard InChI is InChI=1S/C13H14S/c1-11-7-9-13(10-8-11)14-12-5-3-2-4-6-12/h2-5,7-10,12H,6H2,1H3. The van der Waals surface area contributed by atoms with E-state index in [1.807, 2.05) is 11.8 Å². The van der Waals surface area contributed by atoms with Crippen LogP contribution in [0.2, 0.25) is 0 Å². The first-order chi connectivity index (χ1) is 6.84. The zero-order chi connectivity index (χ0) is 9.80. The summed E-state index contributed by atoms with van der Waals surface area (Å²) in [5, 5.41) is 0.614.